The van der Waals surface area contributed by atoms with Gasteiger partial charge in [-0.3, -0.25) is 14.4 Å². The molecule has 3 amide bonds. The normalized spacial score (nSPS) is 11.0. The fraction of sp³-hybridized carbons (Fsp3) is 0.0938. The molecule has 0 aromatic heterocycles. The van der Waals surface area contributed by atoms with Crippen LogP contribution in [0.3, 0.4) is 0 Å². The number of ether oxygens (including phenoxy) is 2. The smallest absolute Gasteiger partial charge is 0.272 e. The second-order valence-electron chi connectivity index (χ2n) is 9.02. The Morgan fingerprint density at radius 3 is 2.27 bits per heavy atom. The molecule has 4 aromatic rings. The molecule has 0 radical (unpaired) electrons. The first-order valence-corrected chi connectivity index (χ1v) is 14.7. The molecule has 0 aliphatic carbocycles. The summed E-state index contributed by atoms with van der Waals surface area (Å²) in [7, 11) is 2.94. The summed E-state index contributed by atoms with van der Waals surface area (Å²) in [5.74, 6) is -1.43. The molecule has 0 unspecified atom stereocenters. The molecule has 0 saturated carbocycles. The van der Waals surface area contributed by atoms with Crippen LogP contribution in [0.1, 0.15) is 15.9 Å². The Labute approximate surface area is 267 Å². The van der Waals surface area contributed by atoms with E-state index in [2.05, 4.69) is 16.0 Å². The van der Waals surface area contributed by atoms with Crippen LogP contribution in [0.15, 0.2) is 95.5 Å². The minimum atomic E-state index is -0.711. The summed E-state index contributed by atoms with van der Waals surface area (Å²) in [5, 5.41) is 8.41. The molecule has 0 aliphatic rings. The SMILES string of the molecule is COc1cc(OC)c(NC(=O)CSc2cccc(NC(=O)/C(=C\c3c(F)cccc3Cl)NC(=O)c3ccccc3)c2)cc1Cl. The third kappa shape index (κ3) is 8.53. The molecule has 3 N–H and O–H groups in total. The summed E-state index contributed by atoms with van der Waals surface area (Å²) in [6, 6.07) is 22.2. The zero-order valence-electron chi connectivity index (χ0n) is 23.5. The Balaban J connectivity index is 1.48. The van der Waals surface area contributed by atoms with E-state index in [1.165, 1.54) is 56.3 Å². The highest BCUT2D eigenvalue weighted by Gasteiger charge is 2.18. The second-order valence-corrected chi connectivity index (χ2v) is 10.9. The predicted octanol–water partition coefficient (Wildman–Crippen LogP) is 7.29. The lowest BCUT2D eigenvalue weighted by molar-refractivity contribution is -0.114. The quantitative estimate of drug-likeness (QED) is 0.116. The van der Waals surface area contributed by atoms with Crippen LogP contribution in [-0.2, 0) is 9.59 Å². The number of thioether (sulfide) groups is 1. The number of halogens is 3. The van der Waals surface area contributed by atoms with Gasteiger partial charge in [0.25, 0.3) is 11.8 Å². The molecular weight excluding hydrogens is 628 g/mol. The minimum Gasteiger partial charge on any atom is -0.495 e. The standard InChI is InChI=1S/C32H26Cl2FN3O5S/c1-42-28-17-29(43-2)26(16-24(28)34)37-30(39)18-44-21-11-6-10-20(14-21)36-32(41)27(15-22-23(33)12-7-13-25(22)35)38-31(40)19-8-4-3-5-9-19/h3-17H,18H2,1-2H3,(H,36,41)(H,37,39)(H,38,40)/b27-15+. The highest BCUT2D eigenvalue weighted by molar-refractivity contribution is 8.00. The monoisotopic (exact) mass is 653 g/mol. The number of methoxy groups -OCH3 is 2. The van der Waals surface area contributed by atoms with Crippen molar-refractivity contribution in [3.05, 3.63) is 118 Å². The van der Waals surface area contributed by atoms with E-state index in [9.17, 15) is 18.8 Å². The van der Waals surface area contributed by atoms with Crippen molar-refractivity contribution in [3.63, 3.8) is 0 Å². The van der Waals surface area contributed by atoms with Crippen LogP contribution < -0.4 is 25.4 Å². The number of amides is 3. The van der Waals surface area contributed by atoms with Crippen molar-refractivity contribution in [2.24, 2.45) is 0 Å². The first kappa shape index (κ1) is 32.4. The summed E-state index contributed by atoms with van der Waals surface area (Å²) >= 11 is 13.6. The van der Waals surface area contributed by atoms with Crippen LogP contribution in [-0.4, -0.2) is 37.7 Å². The van der Waals surface area contributed by atoms with Gasteiger partial charge >= 0.3 is 0 Å². The van der Waals surface area contributed by atoms with Crippen molar-refractivity contribution in [1.82, 2.24) is 5.32 Å². The van der Waals surface area contributed by atoms with Crippen molar-refractivity contribution in [2.45, 2.75) is 4.90 Å². The van der Waals surface area contributed by atoms with E-state index in [1.807, 2.05) is 0 Å². The average Bonchev–Trinajstić information content (AvgIpc) is 3.02. The summed E-state index contributed by atoms with van der Waals surface area (Å²) in [6.45, 7) is 0. The number of hydrogen-bond donors (Lipinski definition) is 3. The maximum absolute atomic E-state index is 14.6. The van der Waals surface area contributed by atoms with E-state index < -0.39 is 17.6 Å². The third-order valence-electron chi connectivity index (χ3n) is 6.03. The number of nitrogens with one attached hydrogen (secondary N) is 3. The van der Waals surface area contributed by atoms with Gasteiger partial charge in [-0.15, -0.1) is 11.8 Å². The van der Waals surface area contributed by atoms with Crippen LogP contribution in [0.5, 0.6) is 11.5 Å². The third-order valence-corrected chi connectivity index (χ3v) is 7.65. The van der Waals surface area contributed by atoms with E-state index >= 15 is 0 Å². The molecular formula is C32H26Cl2FN3O5S. The van der Waals surface area contributed by atoms with E-state index in [-0.39, 0.29) is 27.9 Å². The Bertz CT molecular complexity index is 1700. The number of rotatable bonds is 11. The fourth-order valence-corrected chi connectivity index (χ4v) is 5.10. The van der Waals surface area contributed by atoms with Crippen LogP contribution >= 0.6 is 35.0 Å². The van der Waals surface area contributed by atoms with Crippen LogP contribution in [0.2, 0.25) is 10.0 Å². The van der Waals surface area contributed by atoms with Crippen molar-refractivity contribution in [2.75, 3.05) is 30.6 Å². The van der Waals surface area contributed by atoms with Gasteiger partial charge in [0.15, 0.2) is 0 Å². The molecule has 0 atom stereocenters. The maximum Gasteiger partial charge on any atom is 0.272 e. The summed E-state index contributed by atoms with van der Waals surface area (Å²) in [6.07, 6.45) is 1.18. The number of anilines is 2. The van der Waals surface area contributed by atoms with Gasteiger partial charge < -0.3 is 25.4 Å². The Morgan fingerprint density at radius 2 is 1.57 bits per heavy atom. The van der Waals surface area contributed by atoms with Gasteiger partial charge in [-0.2, -0.15) is 0 Å². The van der Waals surface area contributed by atoms with Gasteiger partial charge in [-0.05, 0) is 54.6 Å². The van der Waals surface area contributed by atoms with Gasteiger partial charge in [-0.1, -0.05) is 53.5 Å². The molecule has 4 rings (SSSR count). The number of benzene rings is 4. The van der Waals surface area contributed by atoms with Gasteiger partial charge in [0, 0.05) is 27.8 Å². The minimum absolute atomic E-state index is 0.0360. The van der Waals surface area contributed by atoms with Gasteiger partial charge in [0.2, 0.25) is 5.91 Å². The number of hydrogen-bond acceptors (Lipinski definition) is 6. The summed E-state index contributed by atoms with van der Waals surface area (Å²) in [5.41, 5.74) is 0.783. The zero-order valence-corrected chi connectivity index (χ0v) is 25.8. The molecule has 44 heavy (non-hydrogen) atoms. The van der Waals surface area contributed by atoms with Crippen LogP contribution in [0, 0.1) is 5.82 Å². The second kappa shape index (κ2) is 15.3. The molecule has 0 saturated heterocycles. The maximum atomic E-state index is 14.6. The van der Waals surface area contributed by atoms with Crippen LogP contribution in [0.4, 0.5) is 15.8 Å². The molecule has 0 aliphatic heterocycles. The summed E-state index contributed by atoms with van der Waals surface area (Å²) < 4.78 is 25.1. The highest BCUT2D eigenvalue weighted by Crippen LogP contribution is 2.36. The predicted molar refractivity (Wildman–Crippen MR) is 172 cm³/mol. The zero-order chi connectivity index (χ0) is 31.6. The molecule has 8 nitrogen and oxygen atoms in total. The first-order chi connectivity index (χ1) is 21.2. The van der Waals surface area contributed by atoms with E-state index in [1.54, 1.807) is 60.7 Å². The highest BCUT2D eigenvalue weighted by atomic mass is 35.5. The first-order valence-electron chi connectivity index (χ1n) is 13.0. The lowest BCUT2D eigenvalue weighted by Crippen LogP contribution is -2.30. The van der Waals surface area contributed by atoms with Gasteiger partial charge in [0.1, 0.15) is 23.0 Å². The lowest BCUT2D eigenvalue weighted by Gasteiger charge is -2.14. The Kier molecular flexibility index (Phi) is 11.3. The Morgan fingerprint density at radius 1 is 0.841 bits per heavy atom. The van der Waals surface area contributed by atoms with Crippen molar-refractivity contribution in [1.29, 1.82) is 0 Å². The molecule has 226 valence electrons. The van der Waals surface area contributed by atoms with Crippen LogP contribution in [0.25, 0.3) is 6.08 Å². The molecule has 0 heterocycles. The van der Waals surface area contributed by atoms with Crippen molar-refractivity contribution in [3.8, 4) is 11.5 Å². The van der Waals surface area contributed by atoms with E-state index in [0.717, 1.165) is 0 Å². The molecule has 0 spiro atoms. The molecule has 0 fully saturated rings. The van der Waals surface area contributed by atoms with Gasteiger partial charge in [-0.25, -0.2) is 4.39 Å². The average molecular weight is 655 g/mol. The topological polar surface area (TPSA) is 106 Å². The fourth-order valence-electron chi connectivity index (χ4n) is 3.89. The molecule has 0 bridgehead atoms. The van der Waals surface area contributed by atoms with Crippen molar-refractivity contribution >= 4 is 70.1 Å². The van der Waals surface area contributed by atoms with Crippen molar-refractivity contribution < 1.29 is 28.2 Å². The molecule has 12 heteroatoms. The number of carbonyl (C=O) groups is 3. The summed E-state index contributed by atoms with van der Waals surface area (Å²) in [4.78, 5) is 39.6. The van der Waals surface area contributed by atoms with Gasteiger partial charge in [0.05, 0.1) is 35.7 Å². The molecule has 4 aromatic carbocycles. The van der Waals surface area contributed by atoms with E-state index in [0.29, 0.717) is 38.4 Å². The lowest BCUT2D eigenvalue weighted by atomic mass is 10.1. The van der Waals surface area contributed by atoms with E-state index in [4.69, 9.17) is 32.7 Å². The Hall–Kier alpha value is -4.51. The largest absolute Gasteiger partial charge is 0.495 e. The number of carbonyl (C=O) groups excluding carboxylic acids is 3.